The molecule has 3 nitrogen and oxygen atoms in total. The Morgan fingerprint density at radius 1 is 0.889 bits per heavy atom. The van der Waals surface area contributed by atoms with Gasteiger partial charge in [0.25, 0.3) is 0 Å². The average molecular weight is 246 g/mol. The third-order valence-electron chi connectivity index (χ3n) is 2.13. The summed E-state index contributed by atoms with van der Waals surface area (Å²) in [6.45, 7) is 5.86. The SMILES string of the molecule is C=O.Cc1ccc(O)cc1O.Cc1ccccc1. The predicted molar refractivity (Wildman–Crippen MR) is 72.8 cm³/mol. The summed E-state index contributed by atoms with van der Waals surface area (Å²) in [7, 11) is 0. The van der Waals surface area contributed by atoms with Crippen LogP contribution in [0.15, 0.2) is 48.5 Å². The summed E-state index contributed by atoms with van der Waals surface area (Å²) in [5.41, 5.74) is 2.09. The molecule has 0 saturated carbocycles. The van der Waals surface area contributed by atoms with Gasteiger partial charge in [0, 0.05) is 6.07 Å². The van der Waals surface area contributed by atoms with Gasteiger partial charge in [-0.25, -0.2) is 0 Å². The molecule has 0 saturated heterocycles. The Balaban J connectivity index is 0.000000289. The molecule has 0 spiro atoms. The second-order valence-corrected chi connectivity index (χ2v) is 3.63. The topological polar surface area (TPSA) is 57.5 Å². The molecular weight excluding hydrogens is 228 g/mol. The van der Waals surface area contributed by atoms with Crippen LogP contribution in [0.5, 0.6) is 11.5 Å². The smallest absolute Gasteiger partial charge is 0.122 e. The number of benzene rings is 2. The number of rotatable bonds is 0. The molecule has 3 heteroatoms. The van der Waals surface area contributed by atoms with Gasteiger partial charge in [-0.2, -0.15) is 0 Å². The molecule has 0 fully saturated rings. The van der Waals surface area contributed by atoms with E-state index < -0.39 is 0 Å². The minimum absolute atomic E-state index is 0.0955. The van der Waals surface area contributed by atoms with Crippen molar-refractivity contribution in [1.82, 2.24) is 0 Å². The standard InChI is InChI=1S/C7H8O2.C7H8.CH2O/c1-5-2-3-6(8)4-7(5)9;1-7-5-3-2-4-6-7;1-2/h2-4,8-9H,1H3;2-6H,1H3;1H2. The van der Waals surface area contributed by atoms with Crippen molar-refractivity contribution in [2.45, 2.75) is 13.8 Å². The van der Waals surface area contributed by atoms with Crippen LogP contribution in [-0.4, -0.2) is 17.0 Å². The summed E-state index contributed by atoms with van der Waals surface area (Å²) in [6, 6.07) is 14.8. The Hall–Kier alpha value is -2.29. The monoisotopic (exact) mass is 246 g/mol. The minimum atomic E-state index is 0.0955. The van der Waals surface area contributed by atoms with Crippen molar-refractivity contribution in [1.29, 1.82) is 0 Å². The summed E-state index contributed by atoms with van der Waals surface area (Å²) in [5.74, 6) is 0.230. The molecule has 0 heterocycles. The second-order valence-electron chi connectivity index (χ2n) is 3.63. The summed E-state index contributed by atoms with van der Waals surface area (Å²) in [4.78, 5) is 8.00. The molecule has 0 bridgehead atoms. The first-order valence-corrected chi connectivity index (χ1v) is 5.38. The van der Waals surface area contributed by atoms with Gasteiger partial charge in [-0.05, 0) is 25.5 Å². The lowest BCUT2D eigenvalue weighted by Gasteiger charge is -1.96. The summed E-state index contributed by atoms with van der Waals surface area (Å²) in [5, 5.41) is 17.7. The first kappa shape index (κ1) is 15.7. The molecule has 96 valence electrons. The van der Waals surface area contributed by atoms with Crippen LogP contribution < -0.4 is 0 Å². The van der Waals surface area contributed by atoms with E-state index in [1.54, 1.807) is 13.0 Å². The molecule has 0 aliphatic rings. The zero-order chi connectivity index (χ0) is 14.0. The van der Waals surface area contributed by atoms with Crippen LogP contribution in [-0.2, 0) is 4.79 Å². The molecule has 2 aromatic rings. The van der Waals surface area contributed by atoms with Crippen LogP contribution in [0.2, 0.25) is 0 Å². The van der Waals surface area contributed by atoms with Crippen LogP contribution in [0.25, 0.3) is 0 Å². The molecule has 0 amide bonds. The number of phenolic OH excluding ortho intramolecular Hbond substituents is 2. The Bertz CT molecular complexity index is 453. The van der Waals surface area contributed by atoms with Crippen molar-refractivity contribution < 1.29 is 15.0 Å². The number of aromatic hydroxyl groups is 2. The van der Waals surface area contributed by atoms with Crippen molar-refractivity contribution in [3.05, 3.63) is 59.7 Å². The van der Waals surface area contributed by atoms with Gasteiger partial charge in [-0.15, -0.1) is 0 Å². The molecule has 2 N–H and O–H groups in total. The third kappa shape index (κ3) is 6.33. The molecule has 2 aromatic carbocycles. The number of hydrogen-bond donors (Lipinski definition) is 2. The van der Waals surface area contributed by atoms with E-state index in [9.17, 15) is 0 Å². The first-order chi connectivity index (χ1) is 8.59. The summed E-state index contributed by atoms with van der Waals surface area (Å²) < 4.78 is 0. The molecule has 18 heavy (non-hydrogen) atoms. The van der Waals surface area contributed by atoms with Crippen molar-refractivity contribution >= 4 is 6.79 Å². The lowest BCUT2D eigenvalue weighted by atomic mass is 10.2. The molecule has 0 atom stereocenters. The van der Waals surface area contributed by atoms with E-state index in [0.29, 0.717) is 0 Å². The van der Waals surface area contributed by atoms with Crippen LogP contribution in [0, 0.1) is 13.8 Å². The highest BCUT2D eigenvalue weighted by atomic mass is 16.3. The molecule has 0 aliphatic carbocycles. The van der Waals surface area contributed by atoms with Gasteiger partial charge >= 0.3 is 0 Å². The van der Waals surface area contributed by atoms with E-state index in [-0.39, 0.29) is 11.5 Å². The van der Waals surface area contributed by atoms with Crippen molar-refractivity contribution in [3.8, 4) is 11.5 Å². The quantitative estimate of drug-likeness (QED) is 0.750. The van der Waals surface area contributed by atoms with E-state index in [2.05, 4.69) is 19.1 Å². The molecule has 0 unspecified atom stereocenters. The van der Waals surface area contributed by atoms with Crippen LogP contribution >= 0.6 is 0 Å². The van der Waals surface area contributed by atoms with Gasteiger partial charge in [0.05, 0.1) is 0 Å². The van der Waals surface area contributed by atoms with E-state index in [1.165, 1.54) is 17.7 Å². The fourth-order valence-electron chi connectivity index (χ4n) is 1.13. The maximum absolute atomic E-state index is 8.94. The van der Waals surface area contributed by atoms with Gasteiger partial charge in [0.2, 0.25) is 0 Å². The van der Waals surface area contributed by atoms with Gasteiger partial charge in [-0.1, -0.05) is 42.0 Å². The molecule has 0 aliphatic heterocycles. The fraction of sp³-hybridized carbons (Fsp3) is 0.133. The van der Waals surface area contributed by atoms with Crippen LogP contribution in [0.4, 0.5) is 0 Å². The number of carbonyl (C=O) groups excluding carboxylic acids is 1. The highest BCUT2D eigenvalue weighted by Gasteiger charge is 1.93. The largest absolute Gasteiger partial charge is 0.508 e. The third-order valence-corrected chi connectivity index (χ3v) is 2.13. The summed E-state index contributed by atoms with van der Waals surface area (Å²) in [6.07, 6.45) is 0. The Morgan fingerprint density at radius 3 is 1.78 bits per heavy atom. The number of aryl methyl sites for hydroxylation is 2. The van der Waals surface area contributed by atoms with Crippen LogP contribution in [0.1, 0.15) is 11.1 Å². The van der Waals surface area contributed by atoms with E-state index in [0.717, 1.165) is 5.56 Å². The average Bonchev–Trinajstić information content (AvgIpc) is 2.38. The Labute approximate surface area is 107 Å². The van der Waals surface area contributed by atoms with E-state index >= 15 is 0 Å². The van der Waals surface area contributed by atoms with Crippen molar-refractivity contribution in [3.63, 3.8) is 0 Å². The summed E-state index contributed by atoms with van der Waals surface area (Å²) >= 11 is 0. The minimum Gasteiger partial charge on any atom is -0.508 e. The number of carbonyl (C=O) groups is 1. The van der Waals surface area contributed by atoms with E-state index in [4.69, 9.17) is 15.0 Å². The highest BCUT2D eigenvalue weighted by molar-refractivity contribution is 5.37. The van der Waals surface area contributed by atoms with Crippen molar-refractivity contribution in [2.75, 3.05) is 0 Å². The van der Waals surface area contributed by atoms with Gasteiger partial charge in [-0.3, -0.25) is 0 Å². The maximum atomic E-state index is 8.94. The predicted octanol–water partition coefficient (Wildman–Crippen LogP) is 3.22. The Kier molecular flexibility index (Phi) is 7.69. The lowest BCUT2D eigenvalue weighted by molar-refractivity contribution is -0.0979. The first-order valence-electron chi connectivity index (χ1n) is 5.38. The second kappa shape index (κ2) is 8.82. The van der Waals surface area contributed by atoms with Gasteiger partial charge in [0.1, 0.15) is 18.3 Å². The molecule has 2 rings (SSSR count). The fourth-order valence-corrected chi connectivity index (χ4v) is 1.13. The zero-order valence-electron chi connectivity index (χ0n) is 10.6. The Morgan fingerprint density at radius 2 is 1.44 bits per heavy atom. The zero-order valence-corrected chi connectivity index (χ0v) is 10.6. The number of hydrogen-bond acceptors (Lipinski definition) is 3. The molecule has 0 radical (unpaired) electrons. The van der Waals surface area contributed by atoms with Gasteiger partial charge < -0.3 is 15.0 Å². The lowest BCUT2D eigenvalue weighted by Crippen LogP contribution is -1.71. The van der Waals surface area contributed by atoms with E-state index in [1.807, 2.05) is 25.0 Å². The van der Waals surface area contributed by atoms with Crippen molar-refractivity contribution in [2.24, 2.45) is 0 Å². The normalized spacial score (nSPS) is 8.33. The highest BCUT2D eigenvalue weighted by Crippen LogP contribution is 2.20. The molecular formula is C15H18O3. The van der Waals surface area contributed by atoms with Gasteiger partial charge in [0.15, 0.2) is 0 Å². The maximum Gasteiger partial charge on any atom is 0.122 e. The molecule has 0 aromatic heterocycles. The van der Waals surface area contributed by atoms with Crippen LogP contribution in [0.3, 0.4) is 0 Å². The number of phenols is 2.